The summed E-state index contributed by atoms with van der Waals surface area (Å²) in [7, 11) is 0. The van der Waals surface area contributed by atoms with Crippen molar-refractivity contribution in [1.29, 1.82) is 0 Å². The third-order valence-corrected chi connectivity index (χ3v) is 3.74. The number of hydrogen-bond donors (Lipinski definition) is 2. The first kappa shape index (κ1) is 18.2. The molecule has 3 rings (SSSR count). The van der Waals surface area contributed by atoms with E-state index in [-0.39, 0.29) is 28.7 Å². The highest BCUT2D eigenvalue weighted by Gasteiger charge is 2.13. The van der Waals surface area contributed by atoms with Gasteiger partial charge >= 0.3 is 0 Å². The van der Waals surface area contributed by atoms with Crippen molar-refractivity contribution in [3.05, 3.63) is 77.1 Å². The highest BCUT2D eigenvalue weighted by atomic mass is 19.1. The number of anilines is 1. The fourth-order valence-corrected chi connectivity index (χ4v) is 2.38. The van der Waals surface area contributed by atoms with Crippen LogP contribution >= 0.6 is 0 Å². The zero-order valence-corrected chi connectivity index (χ0v) is 14.5. The van der Waals surface area contributed by atoms with Crippen LogP contribution in [0.2, 0.25) is 0 Å². The van der Waals surface area contributed by atoms with Gasteiger partial charge in [-0.1, -0.05) is 17.3 Å². The number of carbonyl (C=O) groups is 2. The van der Waals surface area contributed by atoms with Crippen LogP contribution in [0.25, 0.3) is 0 Å². The molecule has 8 heteroatoms. The maximum absolute atomic E-state index is 12.9. The number of amides is 2. The molecule has 1 aromatic carbocycles. The molecule has 0 fully saturated rings. The summed E-state index contributed by atoms with van der Waals surface area (Å²) in [6.07, 6.45) is 3.30. The monoisotopic (exact) mass is 368 g/mol. The van der Waals surface area contributed by atoms with Crippen LogP contribution in [0.5, 0.6) is 0 Å². The standard InChI is InChI=1S/C19H17FN4O3/c1-12-8-17(24-27-12)23-19(26)15-9-14(10-21-11-15)18(25)22-7-6-13-2-4-16(20)5-3-13/h2-5,8-11H,6-7H2,1H3,(H,22,25)(H,23,24,26). The van der Waals surface area contributed by atoms with Gasteiger partial charge in [-0.05, 0) is 37.1 Å². The molecular weight excluding hydrogens is 351 g/mol. The summed E-state index contributed by atoms with van der Waals surface area (Å²) >= 11 is 0. The van der Waals surface area contributed by atoms with E-state index in [1.54, 1.807) is 25.1 Å². The minimum absolute atomic E-state index is 0.224. The van der Waals surface area contributed by atoms with Crippen LogP contribution in [0.3, 0.4) is 0 Å². The Morgan fingerprint density at radius 3 is 2.44 bits per heavy atom. The van der Waals surface area contributed by atoms with Gasteiger partial charge in [0.25, 0.3) is 11.8 Å². The van der Waals surface area contributed by atoms with Gasteiger partial charge in [0.15, 0.2) is 5.82 Å². The van der Waals surface area contributed by atoms with Crippen LogP contribution in [0.1, 0.15) is 32.0 Å². The second-order valence-corrected chi connectivity index (χ2v) is 5.87. The number of benzene rings is 1. The predicted octanol–water partition coefficient (Wildman–Crippen LogP) is 2.74. The number of aromatic nitrogens is 2. The Bertz CT molecular complexity index is 954. The van der Waals surface area contributed by atoms with E-state index in [0.29, 0.717) is 18.7 Å². The number of nitrogens with one attached hydrogen (secondary N) is 2. The van der Waals surface area contributed by atoms with Crippen LogP contribution in [0, 0.1) is 12.7 Å². The summed E-state index contributed by atoms with van der Waals surface area (Å²) < 4.78 is 17.8. The lowest BCUT2D eigenvalue weighted by molar-refractivity contribution is 0.0953. The van der Waals surface area contributed by atoms with Crippen molar-refractivity contribution >= 4 is 17.6 Å². The Morgan fingerprint density at radius 2 is 1.78 bits per heavy atom. The Labute approximate surface area is 154 Å². The fourth-order valence-electron chi connectivity index (χ4n) is 2.38. The minimum atomic E-state index is -0.447. The van der Waals surface area contributed by atoms with Crippen LogP contribution in [0.15, 0.2) is 53.3 Å². The van der Waals surface area contributed by atoms with Gasteiger partial charge in [-0.15, -0.1) is 0 Å². The van der Waals surface area contributed by atoms with Crippen LogP contribution in [-0.2, 0) is 6.42 Å². The maximum atomic E-state index is 12.9. The first-order valence-electron chi connectivity index (χ1n) is 8.23. The van der Waals surface area contributed by atoms with E-state index >= 15 is 0 Å². The molecule has 0 aliphatic heterocycles. The zero-order valence-electron chi connectivity index (χ0n) is 14.5. The minimum Gasteiger partial charge on any atom is -0.360 e. The third kappa shape index (κ3) is 4.97. The Morgan fingerprint density at radius 1 is 1.07 bits per heavy atom. The van der Waals surface area contributed by atoms with E-state index in [2.05, 4.69) is 20.8 Å². The predicted molar refractivity (Wildman–Crippen MR) is 95.9 cm³/mol. The molecule has 0 saturated heterocycles. The third-order valence-electron chi connectivity index (χ3n) is 3.74. The summed E-state index contributed by atoms with van der Waals surface area (Å²) in [5.41, 5.74) is 1.39. The van der Waals surface area contributed by atoms with Gasteiger partial charge in [-0.3, -0.25) is 14.6 Å². The molecule has 0 aliphatic carbocycles. The molecule has 0 aliphatic rings. The molecule has 0 radical (unpaired) electrons. The van der Waals surface area contributed by atoms with Crippen molar-refractivity contribution in [1.82, 2.24) is 15.5 Å². The van der Waals surface area contributed by atoms with Crippen LogP contribution < -0.4 is 10.6 Å². The zero-order chi connectivity index (χ0) is 19.2. The summed E-state index contributed by atoms with van der Waals surface area (Å²) in [6.45, 7) is 2.08. The number of rotatable bonds is 6. The smallest absolute Gasteiger partial charge is 0.258 e. The van der Waals surface area contributed by atoms with Crippen molar-refractivity contribution in [2.45, 2.75) is 13.3 Å². The molecule has 2 amide bonds. The molecule has 2 aromatic heterocycles. The molecule has 0 saturated carbocycles. The van der Waals surface area contributed by atoms with Crippen molar-refractivity contribution < 1.29 is 18.5 Å². The Kier molecular flexibility index (Phi) is 5.55. The van der Waals surface area contributed by atoms with Gasteiger partial charge in [-0.2, -0.15) is 0 Å². The molecule has 138 valence electrons. The van der Waals surface area contributed by atoms with Crippen LogP contribution in [-0.4, -0.2) is 28.5 Å². The SMILES string of the molecule is Cc1cc(NC(=O)c2cncc(C(=O)NCCc3ccc(F)cc3)c2)no1. The molecule has 2 N–H and O–H groups in total. The second-order valence-electron chi connectivity index (χ2n) is 5.87. The molecular formula is C19H17FN4O3. The highest BCUT2D eigenvalue weighted by molar-refractivity contribution is 6.05. The number of nitrogens with zero attached hydrogens (tertiary/aromatic N) is 2. The topological polar surface area (TPSA) is 97.1 Å². The quantitative estimate of drug-likeness (QED) is 0.697. The Hall–Kier alpha value is -3.55. The van der Waals surface area contributed by atoms with Gasteiger partial charge in [0, 0.05) is 25.0 Å². The fraction of sp³-hybridized carbons (Fsp3) is 0.158. The van der Waals surface area contributed by atoms with Gasteiger partial charge in [0.05, 0.1) is 11.1 Å². The molecule has 7 nitrogen and oxygen atoms in total. The molecule has 2 heterocycles. The first-order valence-corrected chi connectivity index (χ1v) is 8.23. The molecule has 0 spiro atoms. The van der Waals surface area contributed by atoms with Crippen molar-refractivity contribution in [2.75, 3.05) is 11.9 Å². The molecule has 0 atom stereocenters. The van der Waals surface area contributed by atoms with E-state index in [1.165, 1.54) is 30.6 Å². The summed E-state index contributed by atoms with van der Waals surface area (Å²) in [4.78, 5) is 28.4. The molecule has 0 unspecified atom stereocenters. The lowest BCUT2D eigenvalue weighted by atomic mass is 10.1. The molecule has 27 heavy (non-hydrogen) atoms. The van der Waals surface area contributed by atoms with Gasteiger partial charge in [0.1, 0.15) is 11.6 Å². The van der Waals surface area contributed by atoms with E-state index in [1.807, 2.05) is 0 Å². The number of halogens is 1. The highest BCUT2D eigenvalue weighted by Crippen LogP contribution is 2.10. The number of hydrogen-bond acceptors (Lipinski definition) is 5. The Balaban J connectivity index is 1.57. The average Bonchev–Trinajstić information content (AvgIpc) is 3.08. The van der Waals surface area contributed by atoms with Crippen molar-refractivity contribution in [3.8, 4) is 0 Å². The normalized spacial score (nSPS) is 10.4. The van der Waals surface area contributed by atoms with Crippen LogP contribution in [0.4, 0.5) is 10.2 Å². The summed E-state index contributed by atoms with van der Waals surface area (Å²) in [5, 5.41) is 9.00. The summed E-state index contributed by atoms with van der Waals surface area (Å²) in [6, 6.07) is 9.11. The first-order chi connectivity index (χ1) is 13.0. The second kappa shape index (κ2) is 8.22. The van der Waals surface area contributed by atoms with E-state index in [9.17, 15) is 14.0 Å². The lowest BCUT2D eigenvalue weighted by Gasteiger charge is -2.07. The van der Waals surface area contributed by atoms with Gasteiger partial charge in [-0.25, -0.2) is 4.39 Å². The van der Waals surface area contributed by atoms with Crippen molar-refractivity contribution in [3.63, 3.8) is 0 Å². The van der Waals surface area contributed by atoms with Gasteiger partial charge < -0.3 is 15.2 Å². The largest absolute Gasteiger partial charge is 0.360 e. The van der Waals surface area contributed by atoms with Crippen molar-refractivity contribution in [2.24, 2.45) is 0 Å². The molecule has 0 bridgehead atoms. The maximum Gasteiger partial charge on any atom is 0.258 e. The number of aryl methyl sites for hydroxylation is 1. The van der Waals surface area contributed by atoms with E-state index < -0.39 is 5.91 Å². The summed E-state index contributed by atoms with van der Waals surface area (Å²) in [5.74, 6) is -0.248. The molecule has 3 aromatic rings. The average molecular weight is 368 g/mol. The van der Waals surface area contributed by atoms with Gasteiger partial charge in [0.2, 0.25) is 0 Å². The number of pyridine rings is 1. The van der Waals surface area contributed by atoms with E-state index in [4.69, 9.17) is 4.52 Å². The van der Waals surface area contributed by atoms with E-state index in [0.717, 1.165) is 5.56 Å². The number of carbonyl (C=O) groups excluding carboxylic acids is 2. The lowest BCUT2D eigenvalue weighted by Crippen LogP contribution is -2.26.